The van der Waals surface area contributed by atoms with E-state index < -0.39 is 11.7 Å². The number of methoxy groups -OCH3 is 1. The van der Waals surface area contributed by atoms with Crippen LogP contribution in [0.4, 0.5) is 9.18 Å². The molecule has 0 saturated carbocycles. The maximum Gasteiger partial charge on any atom is 0.338 e. The van der Waals surface area contributed by atoms with E-state index in [0.29, 0.717) is 42.4 Å². The Balaban J connectivity index is 1.44. The molecule has 0 bridgehead atoms. The van der Waals surface area contributed by atoms with Gasteiger partial charge in [0.2, 0.25) is 0 Å². The molecule has 9 nitrogen and oxygen atoms in total. The van der Waals surface area contributed by atoms with E-state index in [9.17, 15) is 14.0 Å². The molecule has 0 spiro atoms. The molecular weight excluding hydrogens is 381 g/mol. The van der Waals surface area contributed by atoms with Crippen LogP contribution in [0.2, 0.25) is 0 Å². The maximum atomic E-state index is 12.9. The van der Waals surface area contributed by atoms with Gasteiger partial charge in [-0.15, -0.1) is 0 Å². The van der Waals surface area contributed by atoms with Crippen LogP contribution in [0.25, 0.3) is 11.2 Å². The summed E-state index contributed by atoms with van der Waals surface area (Å²) >= 11 is 0. The van der Waals surface area contributed by atoms with Crippen LogP contribution in [0.5, 0.6) is 5.75 Å². The number of aromatic nitrogens is 4. The Morgan fingerprint density at radius 3 is 2.69 bits per heavy atom. The van der Waals surface area contributed by atoms with Crippen LogP contribution in [0.3, 0.4) is 0 Å². The SMILES string of the molecule is COCc1ncc2c(n1)n(C)c(=O)n2C(=O)N1CC(COc2ccc(F)cc2)C1. The highest BCUT2D eigenvalue weighted by Gasteiger charge is 2.34. The molecule has 1 aliphatic rings. The zero-order valence-electron chi connectivity index (χ0n) is 16.0. The van der Waals surface area contributed by atoms with Gasteiger partial charge >= 0.3 is 11.7 Å². The number of benzene rings is 1. The molecule has 0 unspecified atom stereocenters. The van der Waals surface area contributed by atoms with E-state index >= 15 is 0 Å². The summed E-state index contributed by atoms with van der Waals surface area (Å²) in [4.78, 5) is 35.5. The number of hydrogen-bond donors (Lipinski definition) is 0. The van der Waals surface area contributed by atoms with Crippen molar-refractivity contribution in [3.8, 4) is 5.75 Å². The summed E-state index contributed by atoms with van der Waals surface area (Å²) in [6.45, 7) is 1.55. The number of fused-ring (bicyclic) bond motifs is 1. The van der Waals surface area contributed by atoms with Crippen LogP contribution in [-0.4, -0.2) is 56.8 Å². The van der Waals surface area contributed by atoms with Crippen LogP contribution in [-0.2, 0) is 18.4 Å². The average Bonchev–Trinajstić information content (AvgIpc) is 2.92. The number of aryl methyl sites for hydroxylation is 1. The van der Waals surface area contributed by atoms with Gasteiger partial charge in [-0.3, -0.25) is 4.57 Å². The first-order valence-electron chi connectivity index (χ1n) is 9.08. The molecule has 0 N–H and O–H groups in total. The number of carbonyl (C=O) groups excluding carboxylic acids is 1. The van der Waals surface area contributed by atoms with Crippen molar-refractivity contribution in [2.45, 2.75) is 6.61 Å². The quantitative estimate of drug-likeness (QED) is 0.642. The van der Waals surface area contributed by atoms with E-state index in [2.05, 4.69) is 9.97 Å². The number of hydrogen-bond acceptors (Lipinski definition) is 6. The molecule has 152 valence electrons. The first kappa shape index (κ1) is 19.1. The lowest BCUT2D eigenvalue weighted by Gasteiger charge is -2.38. The molecule has 29 heavy (non-hydrogen) atoms. The minimum atomic E-state index is -0.472. The third kappa shape index (κ3) is 3.58. The topological polar surface area (TPSA) is 91.5 Å². The monoisotopic (exact) mass is 401 g/mol. The normalized spacial score (nSPS) is 14.2. The fourth-order valence-electron chi connectivity index (χ4n) is 3.25. The number of amides is 1. The summed E-state index contributed by atoms with van der Waals surface area (Å²) in [6.07, 6.45) is 1.46. The zero-order valence-corrected chi connectivity index (χ0v) is 16.0. The lowest BCUT2D eigenvalue weighted by atomic mass is 10.0. The van der Waals surface area contributed by atoms with Crippen molar-refractivity contribution < 1.29 is 18.7 Å². The highest BCUT2D eigenvalue weighted by atomic mass is 19.1. The van der Waals surface area contributed by atoms with Gasteiger partial charge in [-0.05, 0) is 24.3 Å². The van der Waals surface area contributed by atoms with Crippen LogP contribution >= 0.6 is 0 Å². The van der Waals surface area contributed by atoms with Crippen molar-refractivity contribution in [2.24, 2.45) is 13.0 Å². The van der Waals surface area contributed by atoms with Gasteiger partial charge in [0.15, 0.2) is 11.5 Å². The average molecular weight is 401 g/mol. The van der Waals surface area contributed by atoms with E-state index in [1.807, 2.05) is 0 Å². The smallest absolute Gasteiger partial charge is 0.338 e. The summed E-state index contributed by atoms with van der Waals surface area (Å²) in [6, 6.07) is 5.37. The van der Waals surface area contributed by atoms with Crippen LogP contribution in [0.15, 0.2) is 35.3 Å². The van der Waals surface area contributed by atoms with Crippen LogP contribution in [0, 0.1) is 11.7 Å². The molecule has 1 aliphatic heterocycles. The summed E-state index contributed by atoms with van der Waals surface area (Å²) in [7, 11) is 3.09. The molecule has 3 heterocycles. The number of likely N-dealkylation sites (tertiary alicyclic amines) is 1. The van der Waals surface area contributed by atoms with Gasteiger partial charge in [-0.2, -0.15) is 0 Å². The van der Waals surface area contributed by atoms with E-state index in [1.165, 1.54) is 30.0 Å². The van der Waals surface area contributed by atoms with E-state index in [1.54, 1.807) is 24.1 Å². The fourth-order valence-corrected chi connectivity index (χ4v) is 3.25. The van der Waals surface area contributed by atoms with Gasteiger partial charge in [0, 0.05) is 33.2 Å². The minimum Gasteiger partial charge on any atom is -0.493 e. The summed E-state index contributed by atoms with van der Waals surface area (Å²) < 4.78 is 26.0. The molecule has 0 atom stereocenters. The van der Waals surface area contributed by atoms with E-state index in [4.69, 9.17) is 9.47 Å². The Labute approximate surface area is 165 Å². The molecule has 1 saturated heterocycles. The molecule has 4 rings (SSSR count). The summed E-state index contributed by atoms with van der Waals surface area (Å²) in [5.74, 6) is 0.823. The van der Waals surface area contributed by atoms with Crippen molar-refractivity contribution in [3.63, 3.8) is 0 Å². The van der Waals surface area contributed by atoms with Crippen molar-refractivity contribution in [2.75, 3.05) is 26.8 Å². The minimum absolute atomic E-state index is 0.138. The molecule has 1 aromatic carbocycles. The number of carbonyl (C=O) groups is 1. The lowest BCUT2D eigenvalue weighted by Crippen LogP contribution is -2.54. The predicted octanol–water partition coefficient (Wildman–Crippen LogP) is 1.39. The highest BCUT2D eigenvalue weighted by Crippen LogP contribution is 2.20. The number of imidazole rings is 1. The second-order valence-electron chi connectivity index (χ2n) is 6.92. The van der Waals surface area contributed by atoms with Gasteiger partial charge in [-0.25, -0.2) is 28.5 Å². The van der Waals surface area contributed by atoms with Gasteiger partial charge in [0.25, 0.3) is 0 Å². The van der Waals surface area contributed by atoms with Crippen LogP contribution < -0.4 is 10.4 Å². The van der Waals surface area contributed by atoms with Gasteiger partial charge < -0.3 is 14.4 Å². The second kappa shape index (κ2) is 7.63. The Morgan fingerprint density at radius 1 is 1.28 bits per heavy atom. The number of halogens is 1. The molecule has 1 fully saturated rings. The summed E-state index contributed by atoms with van der Waals surface area (Å²) in [5, 5.41) is 0. The third-order valence-electron chi connectivity index (χ3n) is 4.83. The molecule has 2 aromatic heterocycles. The Hall–Kier alpha value is -3.27. The zero-order chi connectivity index (χ0) is 20.5. The third-order valence-corrected chi connectivity index (χ3v) is 4.83. The predicted molar refractivity (Wildman–Crippen MR) is 101 cm³/mol. The molecule has 0 aliphatic carbocycles. The number of nitrogens with zero attached hydrogens (tertiary/aromatic N) is 5. The standard InChI is InChI=1S/C19H20FN5O4/c1-23-17-15(7-21-16(22-17)11-28-2)25(18(23)26)19(27)24-8-12(9-24)10-29-14-5-3-13(20)4-6-14/h3-7,12H,8-11H2,1-2H3. The Bertz CT molecular complexity index is 1100. The number of rotatable bonds is 5. The highest BCUT2D eigenvalue weighted by molar-refractivity contribution is 5.88. The molecule has 3 aromatic rings. The molecule has 0 radical (unpaired) electrons. The number of ether oxygens (including phenoxy) is 2. The summed E-state index contributed by atoms with van der Waals surface area (Å²) in [5.41, 5.74) is 0.260. The first-order chi connectivity index (χ1) is 14.0. The fraction of sp³-hybridized carbons (Fsp3) is 0.368. The van der Waals surface area contributed by atoms with Crippen molar-refractivity contribution in [3.05, 3.63) is 52.6 Å². The Morgan fingerprint density at radius 2 is 2.00 bits per heavy atom. The second-order valence-corrected chi connectivity index (χ2v) is 6.92. The van der Waals surface area contributed by atoms with Gasteiger partial charge in [0.05, 0.1) is 12.8 Å². The van der Waals surface area contributed by atoms with Crippen molar-refractivity contribution in [1.29, 1.82) is 0 Å². The van der Waals surface area contributed by atoms with Gasteiger partial charge in [0.1, 0.15) is 23.7 Å². The Kier molecular flexibility index (Phi) is 5.01. The molecular formula is C19H20FN5O4. The molecule has 10 heteroatoms. The van der Waals surface area contributed by atoms with Crippen molar-refractivity contribution >= 4 is 17.2 Å². The van der Waals surface area contributed by atoms with Crippen molar-refractivity contribution in [1.82, 2.24) is 24.0 Å². The largest absolute Gasteiger partial charge is 0.493 e. The molecule has 1 amide bonds. The lowest BCUT2D eigenvalue weighted by molar-refractivity contribution is 0.0863. The van der Waals surface area contributed by atoms with Crippen LogP contribution in [0.1, 0.15) is 5.82 Å². The van der Waals surface area contributed by atoms with E-state index in [0.717, 1.165) is 4.57 Å². The first-order valence-corrected chi connectivity index (χ1v) is 9.08. The maximum absolute atomic E-state index is 12.9. The van der Waals surface area contributed by atoms with E-state index in [-0.39, 0.29) is 18.3 Å². The van der Waals surface area contributed by atoms with Gasteiger partial charge in [-0.1, -0.05) is 0 Å².